The van der Waals surface area contributed by atoms with Crippen LogP contribution in [-0.4, -0.2) is 27.5 Å². The fourth-order valence-electron chi connectivity index (χ4n) is 2.78. The zero-order valence-electron chi connectivity index (χ0n) is 12.6. The monoisotopic (exact) mass is 297 g/mol. The Labute approximate surface area is 126 Å². The average Bonchev–Trinajstić information content (AvgIpc) is 3.07. The van der Waals surface area contributed by atoms with Gasteiger partial charge in [-0.3, -0.25) is 5.10 Å². The van der Waals surface area contributed by atoms with Crippen LogP contribution in [0.25, 0.3) is 0 Å². The lowest BCUT2D eigenvalue weighted by atomic mass is 10.1. The first-order valence-electron chi connectivity index (χ1n) is 8.07. The molecule has 2 rings (SSSR count). The van der Waals surface area contributed by atoms with Gasteiger partial charge in [0.1, 0.15) is 5.82 Å². The predicted octanol–water partition coefficient (Wildman–Crippen LogP) is 4.02. The van der Waals surface area contributed by atoms with Gasteiger partial charge in [0.25, 0.3) is 0 Å². The molecule has 4 nitrogen and oxygen atoms in total. The van der Waals surface area contributed by atoms with Crippen LogP contribution in [0.15, 0.2) is 0 Å². The molecule has 1 aliphatic heterocycles. The zero-order valence-corrected chi connectivity index (χ0v) is 13.4. The van der Waals surface area contributed by atoms with Gasteiger partial charge in [-0.1, -0.05) is 39.0 Å². The fourth-order valence-corrected chi connectivity index (χ4v) is 3.01. The molecule has 0 radical (unpaired) electrons. The molecular formula is C15H27N3OS. The highest BCUT2D eigenvalue weighted by Crippen LogP contribution is 2.16. The molecule has 1 N–H and O–H groups in total. The Morgan fingerprint density at radius 1 is 1.30 bits per heavy atom. The Morgan fingerprint density at radius 3 is 2.85 bits per heavy atom. The summed E-state index contributed by atoms with van der Waals surface area (Å²) in [4.78, 5) is 0. The Kier molecular flexibility index (Phi) is 6.73. The van der Waals surface area contributed by atoms with Gasteiger partial charge in [0.2, 0.25) is 0 Å². The van der Waals surface area contributed by atoms with Crippen molar-refractivity contribution in [2.75, 3.05) is 6.61 Å². The van der Waals surface area contributed by atoms with E-state index in [1.807, 2.05) is 0 Å². The largest absolute Gasteiger partial charge is 0.376 e. The molecule has 0 unspecified atom stereocenters. The zero-order chi connectivity index (χ0) is 14.2. The number of rotatable bonds is 9. The highest BCUT2D eigenvalue weighted by atomic mass is 32.1. The number of unbranched alkanes of at least 4 members (excludes halogenated alkanes) is 5. The lowest BCUT2D eigenvalue weighted by molar-refractivity contribution is 0.0958. The fraction of sp³-hybridized carbons (Fsp3) is 0.867. The number of aryl methyl sites for hydroxylation is 1. The van der Waals surface area contributed by atoms with Crippen molar-refractivity contribution >= 4 is 12.2 Å². The minimum absolute atomic E-state index is 0.322. The Balaban J connectivity index is 1.77. The van der Waals surface area contributed by atoms with Crippen molar-refractivity contribution in [3.05, 3.63) is 10.6 Å². The lowest BCUT2D eigenvalue weighted by Gasteiger charge is -2.12. The molecule has 1 aromatic rings. The number of hydrogen-bond acceptors (Lipinski definition) is 3. The normalized spacial score (nSPS) is 18.8. The van der Waals surface area contributed by atoms with Crippen LogP contribution in [0.5, 0.6) is 0 Å². The van der Waals surface area contributed by atoms with Gasteiger partial charge in [-0.05, 0) is 31.5 Å². The van der Waals surface area contributed by atoms with E-state index >= 15 is 0 Å². The van der Waals surface area contributed by atoms with E-state index in [0.29, 0.717) is 6.10 Å². The molecule has 0 aliphatic carbocycles. The summed E-state index contributed by atoms with van der Waals surface area (Å²) in [5, 5.41) is 7.31. The van der Waals surface area contributed by atoms with E-state index < -0.39 is 0 Å². The number of aromatic nitrogens is 3. The molecule has 0 aromatic carbocycles. The van der Waals surface area contributed by atoms with Gasteiger partial charge in [0, 0.05) is 13.0 Å². The number of nitrogens with zero attached hydrogens (tertiary/aromatic N) is 2. The van der Waals surface area contributed by atoms with Crippen LogP contribution in [0.4, 0.5) is 0 Å². The van der Waals surface area contributed by atoms with Crippen LogP contribution in [0.3, 0.4) is 0 Å². The van der Waals surface area contributed by atoms with Crippen LogP contribution in [0, 0.1) is 4.77 Å². The molecule has 114 valence electrons. The van der Waals surface area contributed by atoms with Gasteiger partial charge in [0.15, 0.2) is 4.77 Å². The number of hydrogen-bond donors (Lipinski definition) is 1. The summed E-state index contributed by atoms with van der Waals surface area (Å²) in [5.41, 5.74) is 0. The van der Waals surface area contributed by atoms with Gasteiger partial charge >= 0.3 is 0 Å². The van der Waals surface area contributed by atoms with Crippen molar-refractivity contribution in [1.82, 2.24) is 14.8 Å². The SMILES string of the molecule is CCCCCCCCc1n[nH]c(=S)n1C[C@@H]1CCCO1. The van der Waals surface area contributed by atoms with E-state index in [-0.39, 0.29) is 0 Å². The van der Waals surface area contributed by atoms with Gasteiger partial charge in [-0.25, -0.2) is 0 Å². The van der Waals surface area contributed by atoms with Crippen molar-refractivity contribution in [3.8, 4) is 0 Å². The molecule has 1 aliphatic rings. The third-order valence-corrected chi connectivity index (χ3v) is 4.31. The first-order valence-corrected chi connectivity index (χ1v) is 8.47. The van der Waals surface area contributed by atoms with Crippen molar-refractivity contribution in [1.29, 1.82) is 0 Å². The van der Waals surface area contributed by atoms with E-state index in [9.17, 15) is 0 Å². The molecular weight excluding hydrogens is 270 g/mol. The first kappa shape index (κ1) is 15.7. The summed E-state index contributed by atoms with van der Waals surface area (Å²) in [7, 11) is 0. The van der Waals surface area contributed by atoms with Crippen molar-refractivity contribution in [2.45, 2.75) is 77.4 Å². The third-order valence-electron chi connectivity index (χ3n) is 4.00. The average molecular weight is 297 g/mol. The molecule has 0 amide bonds. The number of H-pyrrole nitrogens is 1. The van der Waals surface area contributed by atoms with Crippen LogP contribution >= 0.6 is 12.2 Å². The van der Waals surface area contributed by atoms with Gasteiger partial charge in [0.05, 0.1) is 12.6 Å². The van der Waals surface area contributed by atoms with Crippen LogP contribution in [0.2, 0.25) is 0 Å². The van der Waals surface area contributed by atoms with E-state index in [4.69, 9.17) is 17.0 Å². The highest BCUT2D eigenvalue weighted by molar-refractivity contribution is 7.71. The summed E-state index contributed by atoms with van der Waals surface area (Å²) in [6.07, 6.45) is 11.5. The van der Waals surface area contributed by atoms with Crippen LogP contribution < -0.4 is 0 Å². The summed E-state index contributed by atoms with van der Waals surface area (Å²) in [5.74, 6) is 1.10. The Hall–Kier alpha value is -0.680. The summed E-state index contributed by atoms with van der Waals surface area (Å²) < 4.78 is 8.57. The standard InChI is InChI=1S/C15H27N3OS/c1-2-3-4-5-6-7-10-14-16-17-15(20)18(14)12-13-9-8-11-19-13/h13H,2-12H2,1H3,(H,17,20)/t13-/m0/s1. The minimum Gasteiger partial charge on any atom is -0.376 e. The molecule has 0 bridgehead atoms. The molecule has 1 aromatic heterocycles. The summed E-state index contributed by atoms with van der Waals surface area (Å²) in [6.45, 7) is 4.01. The van der Waals surface area contributed by atoms with Crippen LogP contribution in [-0.2, 0) is 17.7 Å². The van der Waals surface area contributed by atoms with Crippen molar-refractivity contribution < 1.29 is 4.74 Å². The Morgan fingerprint density at radius 2 is 2.10 bits per heavy atom. The minimum atomic E-state index is 0.322. The lowest BCUT2D eigenvalue weighted by Crippen LogP contribution is -2.17. The number of ether oxygens (including phenoxy) is 1. The Bertz CT molecular complexity index is 435. The maximum atomic E-state index is 5.70. The van der Waals surface area contributed by atoms with E-state index in [1.54, 1.807) is 0 Å². The summed E-state index contributed by atoms with van der Waals surface area (Å²) >= 11 is 5.33. The second-order valence-electron chi connectivity index (χ2n) is 5.71. The molecule has 0 spiro atoms. The number of nitrogens with one attached hydrogen (secondary N) is 1. The van der Waals surface area contributed by atoms with Crippen LogP contribution in [0.1, 0.15) is 64.1 Å². The second kappa shape index (κ2) is 8.57. The van der Waals surface area contributed by atoms with Gasteiger partial charge in [-0.2, -0.15) is 5.10 Å². The second-order valence-corrected chi connectivity index (χ2v) is 6.10. The molecule has 20 heavy (non-hydrogen) atoms. The van der Waals surface area contributed by atoms with E-state index in [2.05, 4.69) is 21.7 Å². The molecule has 2 heterocycles. The first-order chi connectivity index (χ1) is 9.81. The quantitative estimate of drug-likeness (QED) is 0.553. The van der Waals surface area contributed by atoms with Crippen molar-refractivity contribution in [3.63, 3.8) is 0 Å². The molecule has 1 saturated heterocycles. The topological polar surface area (TPSA) is 42.8 Å². The molecule has 0 saturated carbocycles. The van der Waals surface area contributed by atoms with E-state index in [0.717, 1.165) is 36.6 Å². The molecule has 1 atom stereocenters. The third kappa shape index (κ3) is 4.70. The van der Waals surface area contributed by atoms with Gasteiger partial charge < -0.3 is 9.30 Å². The predicted molar refractivity (Wildman–Crippen MR) is 83.5 cm³/mol. The number of aromatic amines is 1. The molecule has 5 heteroatoms. The van der Waals surface area contributed by atoms with Gasteiger partial charge in [-0.15, -0.1) is 0 Å². The van der Waals surface area contributed by atoms with E-state index in [1.165, 1.54) is 44.9 Å². The maximum Gasteiger partial charge on any atom is 0.195 e. The molecule has 1 fully saturated rings. The smallest absolute Gasteiger partial charge is 0.195 e. The summed E-state index contributed by atoms with van der Waals surface area (Å²) in [6, 6.07) is 0. The highest BCUT2D eigenvalue weighted by Gasteiger charge is 2.18. The van der Waals surface area contributed by atoms with Crippen molar-refractivity contribution in [2.24, 2.45) is 0 Å². The maximum absolute atomic E-state index is 5.70.